The summed E-state index contributed by atoms with van der Waals surface area (Å²) in [6.07, 6.45) is 0. The summed E-state index contributed by atoms with van der Waals surface area (Å²) in [7, 11) is 1.64. The van der Waals surface area contributed by atoms with E-state index in [4.69, 9.17) is 0 Å². The topological polar surface area (TPSA) is 67.2 Å². The Labute approximate surface area is 192 Å². The van der Waals surface area contributed by atoms with Crippen molar-refractivity contribution in [2.75, 3.05) is 18.9 Å². The maximum Gasteiger partial charge on any atom is 0.264 e. The summed E-state index contributed by atoms with van der Waals surface area (Å²) in [6.45, 7) is 3.82. The van der Waals surface area contributed by atoms with Gasteiger partial charge in [0.15, 0.2) is 0 Å². The van der Waals surface area contributed by atoms with E-state index in [-0.39, 0.29) is 18.4 Å². The maximum absolute atomic E-state index is 13.0. The number of carbonyl (C=O) groups excluding carboxylic acids is 2. The first kappa shape index (κ1) is 21.3. The summed E-state index contributed by atoms with van der Waals surface area (Å²) in [4.78, 5) is 28.4. The number of aryl methyl sites for hydroxylation is 2. The van der Waals surface area contributed by atoms with Gasteiger partial charge in [-0.25, -0.2) is 4.68 Å². The van der Waals surface area contributed by atoms with Crippen molar-refractivity contribution in [3.63, 3.8) is 0 Å². The van der Waals surface area contributed by atoms with E-state index in [0.29, 0.717) is 4.88 Å². The number of thiophene rings is 1. The van der Waals surface area contributed by atoms with E-state index in [0.717, 1.165) is 37.3 Å². The number of hydrogen-bond acceptors (Lipinski definition) is 4. The Morgan fingerprint density at radius 1 is 1.13 bits per heavy atom. The minimum Gasteiger partial charge on any atom is -0.332 e. The van der Waals surface area contributed by atoms with Crippen LogP contribution in [-0.2, 0) is 4.79 Å². The summed E-state index contributed by atoms with van der Waals surface area (Å²) in [5.74, 6) is -0.433. The number of hydrogen-bond donors (Lipinski definition) is 1. The zero-order valence-electron chi connectivity index (χ0n) is 17.3. The third kappa shape index (κ3) is 4.40. The van der Waals surface area contributed by atoms with Crippen LogP contribution in [0, 0.1) is 13.8 Å². The van der Waals surface area contributed by atoms with Crippen LogP contribution >= 0.6 is 27.3 Å². The molecule has 1 N–H and O–H groups in total. The van der Waals surface area contributed by atoms with Gasteiger partial charge < -0.3 is 10.2 Å². The number of nitrogens with one attached hydrogen (secondary N) is 1. The van der Waals surface area contributed by atoms with Crippen molar-refractivity contribution in [1.82, 2.24) is 14.7 Å². The van der Waals surface area contributed by atoms with Gasteiger partial charge in [0.1, 0.15) is 4.83 Å². The van der Waals surface area contributed by atoms with Crippen molar-refractivity contribution in [2.24, 2.45) is 0 Å². The molecule has 2 aromatic carbocycles. The van der Waals surface area contributed by atoms with Gasteiger partial charge in [-0.3, -0.25) is 9.59 Å². The van der Waals surface area contributed by atoms with E-state index in [2.05, 4.69) is 26.3 Å². The van der Waals surface area contributed by atoms with Gasteiger partial charge >= 0.3 is 0 Å². The molecule has 8 heteroatoms. The SMILES string of the molecule is Cc1cc(Br)ccc1NC(=O)CN(C)C(=O)c1cc2c(C)nn(-c3ccccc3)c2s1. The molecule has 2 amide bonds. The number of para-hydroxylation sites is 1. The second-order valence-corrected chi connectivity index (χ2v) is 9.28. The van der Waals surface area contributed by atoms with Gasteiger partial charge in [-0.05, 0) is 55.8 Å². The van der Waals surface area contributed by atoms with Crippen molar-refractivity contribution in [1.29, 1.82) is 0 Å². The van der Waals surface area contributed by atoms with Gasteiger partial charge in [-0.15, -0.1) is 11.3 Å². The van der Waals surface area contributed by atoms with Crippen LogP contribution in [0.4, 0.5) is 5.69 Å². The van der Waals surface area contributed by atoms with Crippen LogP contribution in [0.3, 0.4) is 0 Å². The predicted octanol–water partition coefficient (Wildman–Crippen LogP) is 5.18. The number of amides is 2. The van der Waals surface area contributed by atoms with Crippen LogP contribution in [0.2, 0.25) is 0 Å². The van der Waals surface area contributed by atoms with Gasteiger partial charge in [0.05, 0.1) is 22.8 Å². The molecule has 0 radical (unpaired) electrons. The highest BCUT2D eigenvalue weighted by atomic mass is 79.9. The average molecular weight is 497 g/mol. The summed E-state index contributed by atoms with van der Waals surface area (Å²) in [5.41, 5.74) is 3.48. The molecule has 4 aromatic rings. The van der Waals surface area contributed by atoms with Crippen LogP contribution in [0.15, 0.2) is 59.1 Å². The van der Waals surface area contributed by atoms with Crippen molar-refractivity contribution < 1.29 is 9.59 Å². The summed E-state index contributed by atoms with van der Waals surface area (Å²) in [6, 6.07) is 17.3. The van der Waals surface area contributed by atoms with Crippen molar-refractivity contribution in [3.05, 3.63) is 75.2 Å². The zero-order valence-corrected chi connectivity index (χ0v) is 19.8. The smallest absolute Gasteiger partial charge is 0.264 e. The lowest BCUT2D eigenvalue weighted by molar-refractivity contribution is -0.116. The molecule has 0 saturated carbocycles. The highest BCUT2D eigenvalue weighted by molar-refractivity contribution is 9.10. The van der Waals surface area contributed by atoms with Crippen LogP contribution in [0.25, 0.3) is 15.9 Å². The van der Waals surface area contributed by atoms with Crippen LogP contribution < -0.4 is 5.32 Å². The van der Waals surface area contributed by atoms with Crippen molar-refractivity contribution in [2.45, 2.75) is 13.8 Å². The number of carbonyl (C=O) groups is 2. The minimum atomic E-state index is -0.242. The molecule has 0 spiro atoms. The lowest BCUT2D eigenvalue weighted by Crippen LogP contribution is -2.34. The van der Waals surface area contributed by atoms with Gasteiger partial charge in [0, 0.05) is 22.6 Å². The Morgan fingerprint density at radius 2 is 1.87 bits per heavy atom. The highest BCUT2D eigenvalue weighted by Crippen LogP contribution is 2.31. The van der Waals surface area contributed by atoms with Crippen LogP contribution in [0.1, 0.15) is 20.9 Å². The van der Waals surface area contributed by atoms with Gasteiger partial charge in [0.2, 0.25) is 5.91 Å². The molecule has 0 atom stereocenters. The predicted molar refractivity (Wildman–Crippen MR) is 128 cm³/mol. The van der Waals surface area contributed by atoms with Gasteiger partial charge in [0.25, 0.3) is 5.91 Å². The summed E-state index contributed by atoms with van der Waals surface area (Å²) < 4.78 is 2.80. The molecular weight excluding hydrogens is 476 g/mol. The molecule has 31 heavy (non-hydrogen) atoms. The first-order valence-corrected chi connectivity index (χ1v) is 11.3. The lowest BCUT2D eigenvalue weighted by Gasteiger charge is -2.16. The number of benzene rings is 2. The molecule has 6 nitrogen and oxygen atoms in total. The molecule has 0 aliphatic rings. The van der Waals surface area contributed by atoms with E-state index in [1.807, 2.05) is 73.1 Å². The monoisotopic (exact) mass is 496 g/mol. The molecule has 0 aliphatic carbocycles. The Kier molecular flexibility index (Phi) is 5.93. The Morgan fingerprint density at radius 3 is 2.58 bits per heavy atom. The molecule has 2 heterocycles. The molecule has 0 fully saturated rings. The Balaban J connectivity index is 1.51. The van der Waals surface area contributed by atoms with E-state index in [9.17, 15) is 9.59 Å². The number of likely N-dealkylation sites (N-methyl/N-ethyl adjacent to an activating group) is 1. The third-order valence-corrected chi connectivity index (χ3v) is 6.54. The molecule has 2 aromatic heterocycles. The third-order valence-electron chi connectivity index (χ3n) is 4.95. The maximum atomic E-state index is 13.0. The van der Waals surface area contributed by atoms with Crippen LogP contribution in [0.5, 0.6) is 0 Å². The van der Waals surface area contributed by atoms with Crippen molar-refractivity contribution >= 4 is 55.0 Å². The number of anilines is 1. The van der Waals surface area contributed by atoms with E-state index < -0.39 is 0 Å². The minimum absolute atomic E-state index is 0.0353. The fourth-order valence-corrected chi connectivity index (χ4v) is 4.98. The van der Waals surface area contributed by atoms with Crippen molar-refractivity contribution in [3.8, 4) is 5.69 Å². The molecule has 0 saturated heterocycles. The fraction of sp³-hybridized carbons (Fsp3) is 0.174. The lowest BCUT2D eigenvalue weighted by atomic mass is 10.2. The van der Waals surface area contributed by atoms with Crippen LogP contribution in [-0.4, -0.2) is 40.1 Å². The first-order chi connectivity index (χ1) is 14.8. The molecular formula is C23H21BrN4O2S. The summed E-state index contributed by atoms with van der Waals surface area (Å²) in [5, 5.41) is 8.43. The van der Waals surface area contributed by atoms with E-state index >= 15 is 0 Å². The number of fused-ring (bicyclic) bond motifs is 1. The number of rotatable bonds is 5. The number of halogens is 1. The fourth-order valence-electron chi connectivity index (χ4n) is 3.33. The normalized spacial score (nSPS) is 11.0. The highest BCUT2D eigenvalue weighted by Gasteiger charge is 2.21. The largest absolute Gasteiger partial charge is 0.332 e. The van der Waals surface area contributed by atoms with E-state index in [1.165, 1.54) is 16.2 Å². The second kappa shape index (κ2) is 8.64. The summed E-state index contributed by atoms with van der Waals surface area (Å²) >= 11 is 4.80. The van der Waals surface area contributed by atoms with E-state index in [1.54, 1.807) is 7.05 Å². The molecule has 158 valence electrons. The van der Waals surface area contributed by atoms with Gasteiger partial charge in [-0.2, -0.15) is 5.10 Å². The second-order valence-electron chi connectivity index (χ2n) is 7.33. The Hall–Kier alpha value is -2.97. The Bertz CT molecular complexity index is 1280. The molecule has 4 rings (SSSR count). The number of nitrogens with zero attached hydrogens (tertiary/aromatic N) is 3. The average Bonchev–Trinajstić information content (AvgIpc) is 3.31. The first-order valence-electron chi connectivity index (χ1n) is 9.69. The molecule has 0 unspecified atom stereocenters. The van der Waals surface area contributed by atoms with Gasteiger partial charge in [-0.1, -0.05) is 34.1 Å². The molecule has 0 bridgehead atoms. The quantitative estimate of drug-likeness (QED) is 0.414. The molecule has 0 aliphatic heterocycles. The zero-order chi connectivity index (χ0) is 22.1. The standard InChI is InChI=1S/C23H21BrN4O2S/c1-14-11-16(24)9-10-19(14)25-21(29)13-27(3)22(30)20-12-18-15(2)26-28(23(18)31-20)17-7-5-4-6-8-17/h4-12H,13H2,1-3H3,(H,25,29). The number of aromatic nitrogens is 2.